The number of aromatic carboxylic acids is 1. The molecule has 1 N–H and O–H groups in total. The predicted octanol–water partition coefficient (Wildman–Crippen LogP) is 2.79. The van der Waals surface area contributed by atoms with Gasteiger partial charge >= 0.3 is 5.97 Å². The average Bonchev–Trinajstić information content (AvgIpc) is 2.45. The van der Waals surface area contributed by atoms with E-state index in [1.54, 1.807) is 30.5 Å². The molecule has 2 rings (SSSR count). The minimum absolute atomic E-state index is 0.266. The second kappa shape index (κ2) is 6.54. The van der Waals surface area contributed by atoms with Crippen LogP contribution >= 0.6 is 0 Å². The molecule has 0 aliphatic carbocycles. The van der Waals surface area contributed by atoms with Crippen molar-refractivity contribution in [2.75, 3.05) is 6.61 Å². The van der Waals surface area contributed by atoms with Gasteiger partial charge in [0.2, 0.25) is 0 Å². The molecule has 98 valence electrons. The molecule has 2 aromatic rings. The van der Waals surface area contributed by atoms with E-state index in [4.69, 9.17) is 9.84 Å². The summed E-state index contributed by atoms with van der Waals surface area (Å²) in [7, 11) is 0. The number of rotatable bonds is 6. The largest absolute Gasteiger partial charge is 0.494 e. The van der Waals surface area contributed by atoms with E-state index in [1.807, 2.05) is 18.3 Å². The molecule has 0 radical (unpaired) electrons. The first-order chi connectivity index (χ1) is 9.25. The van der Waals surface area contributed by atoms with Gasteiger partial charge in [0.25, 0.3) is 0 Å². The fraction of sp³-hybridized carbons (Fsp3) is 0.200. The summed E-state index contributed by atoms with van der Waals surface area (Å²) in [6, 6.07) is 10.4. The Morgan fingerprint density at radius 1 is 1.21 bits per heavy atom. The lowest BCUT2D eigenvalue weighted by atomic mass is 10.2. The number of carboxylic acids is 1. The van der Waals surface area contributed by atoms with Crippen LogP contribution in [0.2, 0.25) is 0 Å². The highest BCUT2D eigenvalue weighted by atomic mass is 16.5. The fourth-order valence-electron chi connectivity index (χ4n) is 1.71. The molecule has 0 bridgehead atoms. The van der Waals surface area contributed by atoms with Crippen LogP contribution in [0.5, 0.6) is 5.75 Å². The van der Waals surface area contributed by atoms with Crippen molar-refractivity contribution in [1.82, 2.24) is 4.98 Å². The number of aryl methyl sites for hydroxylation is 1. The quantitative estimate of drug-likeness (QED) is 0.808. The first-order valence-corrected chi connectivity index (χ1v) is 6.11. The lowest BCUT2D eigenvalue weighted by Gasteiger charge is -2.06. The molecular weight excluding hydrogens is 242 g/mol. The summed E-state index contributed by atoms with van der Waals surface area (Å²) in [6.07, 6.45) is 5.42. The standard InChI is InChI=1S/C15H15NO3/c17-15(18)13-5-7-14(8-6-13)19-10-2-4-12-3-1-9-16-11-12/h1,3,5-9,11H,2,4,10H2,(H,17,18). The minimum atomic E-state index is -0.928. The minimum Gasteiger partial charge on any atom is -0.494 e. The Kier molecular flexibility index (Phi) is 4.50. The monoisotopic (exact) mass is 257 g/mol. The number of nitrogens with zero attached hydrogens (tertiary/aromatic N) is 1. The molecular formula is C15H15NO3. The molecule has 0 saturated carbocycles. The Morgan fingerprint density at radius 2 is 2.00 bits per heavy atom. The van der Waals surface area contributed by atoms with Crippen molar-refractivity contribution >= 4 is 5.97 Å². The number of hydrogen-bond acceptors (Lipinski definition) is 3. The number of hydrogen-bond donors (Lipinski definition) is 1. The zero-order valence-electron chi connectivity index (χ0n) is 10.5. The molecule has 0 saturated heterocycles. The van der Waals surface area contributed by atoms with Gasteiger partial charge in [0, 0.05) is 12.4 Å². The van der Waals surface area contributed by atoms with Crippen molar-refractivity contribution in [3.63, 3.8) is 0 Å². The summed E-state index contributed by atoms with van der Waals surface area (Å²) < 4.78 is 5.55. The third-order valence-corrected chi connectivity index (χ3v) is 2.70. The van der Waals surface area contributed by atoms with Gasteiger partial charge in [0.15, 0.2) is 0 Å². The van der Waals surface area contributed by atoms with Crippen LogP contribution in [0.25, 0.3) is 0 Å². The number of benzene rings is 1. The van der Waals surface area contributed by atoms with Crippen LogP contribution in [0.4, 0.5) is 0 Å². The maximum Gasteiger partial charge on any atom is 0.335 e. The molecule has 4 nitrogen and oxygen atoms in total. The van der Waals surface area contributed by atoms with Gasteiger partial charge in [-0.2, -0.15) is 0 Å². The van der Waals surface area contributed by atoms with Crippen LogP contribution in [-0.2, 0) is 6.42 Å². The van der Waals surface area contributed by atoms with Crippen LogP contribution < -0.4 is 4.74 Å². The number of carbonyl (C=O) groups is 1. The van der Waals surface area contributed by atoms with Crippen LogP contribution in [0.1, 0.15) is 22.3 Å². The number of pyridine rings is 1. The van der Waals surface area contributed by atoms with Gasteiger partial charge < -0.3 is 9.84 Å². The Balaban J connectivity index is 1.75. The number of ether oxygens (including phenoxy) is 1. The van der Waals surface area contributed by atoms with E-state index in [0.29, 0.717) is 12.4 Å². The maximum absolute atomic E-state index is 10.7. The summed E-state index contributed by atoms with van der Waals surface area (Å²) in [5.41, 5.74) is 1.45. The topological polar surface area (TPSA) is 59.4 Å². The molecule has 0 aliphatic rings. The smallest absolute Gasteiger partial charge is 0.335 e. The van der Waals surface area contributed by atoms with Gasteiger partial charge in [-0.15, -0.1) is 0 Å². The van der Waals surface area contributed by atoms with Crippen LogP contribution in [0.15, 0.2) is 48.8 Å². The SMILES string of the molecule is O=C(O)c1ccc(OCCCc2cccnc2)cc1. The number of aromatic nitrogens is 1. The van der Waals surface area contributed by atoms with Gasteiger partial charge in [0.05, 0.1) is 12.2 Å². The second-order valence-corrected chi connectivity index (χ2v) is 4.14. The zero-order chi connectivity index (χ0) is 13.5. The van der Waals surface area contributed by atoms with E-state index < -0.39 is 5.97 Å². The molecule has 0 unspecified atom stereocenters. The highest BCUT2D eigenvalue weighted by Crippen LogP contribution is 2.12. The highest BCUT2D eigenvalue weighted by Gasteiger charge is 2.02. The Bertz CT molecular complexity index is 523. The summed E-state index contributed by atoms with van der Waals surface area (Å²) >= 11 is 0. The van der Waals surface area contributed by atoms with Gasteiger partial charge in [-0.3, -0.25) is 4.98 Å². The zero-order valence-corrected chi connectivity index (χ0v) is 10.5. The van der Waals surface area contributed by atoms with E-state index in [1.165, 1.54) is 5.56 Å². The Hall–Kier alpha value is -2.36. The fourth-order valence-corrected chi connectivity index (χ4v) is 1.71. The van der Waals surface area contributed by atoms with E-state index in [9.17, 15) is 4.79 Å². The summed E-state index contributed by atoms with van der Waals surface area (Å²) in [5.74, 6) is -0.237. The third kappa shape index (κ3) is 4.10. The number of carboxylic acid groups (broad SMARTS) is 1. The lowest BCUT2D eigenvalue weighted by molar-refractivity contribution is 0.0697. The van der Waals surface area contributed by atoms with Crippen molar-refractivity contribution in [3.8, 4) is 5.75 Å². The molecule has 19 heavy (non-hydrogen) atoms. The van der Waals surface area contributed by atoms with Crippen molar-refractivity contribution in [1.29, 1.82) is 0 Å². The second-order valence-electron chi connectivity index (χ2n) is 4.14. The van der Waals surface area contributed by atoms with Crippen molar-refractivity contribution in [3.05, 3.63) is 59.9 Å². The van der Waals surface area contributed by atoms with Crippen LogP contribution in [0, 0.1) is 0 Å². The summed E-state index contributed by atoms with van der Waals surface area (Å²) in [5, 5.41) is 8.77. The van der Waals surface area contributed by atoms with Crippen molar-refractivity contribution in [2.45, 2.75) is 12.8 Å². The molecule has 1 heterocycles. The van der Waals surface area contributed by atoms with Gasteiger partial charge in [-0.1, -0.05) is 6.07 Å². The van der Waals surface area contributed by atoms with Crippen LogP contribution in [-0.4, -0.2) is 22.7 Å². The summed E-state index contributed by atoms with van der Waals surface area (Å²) in [6.45, 7) is 0.599. The molecule has 1 aromatic heterocycles. The van der Waals surface area contributed by atoms with E-state index in [-0.39, 0.29) is 5.56 Å². The Morgan fingerprint density at radius 3 is 2.63 bits per heavy atom. The summed E-state index contributed by atoms with van der Waals surface area (Å²) in [4.78, 5) is 14.7. The van der Waals surface area contributed by atoms with Gasteiger partial charge in [-0.25, -0.2) is 4.79 Å². The Labute approximate surface area is 111 Å². The molecule has 0 atom stereocenters. The first-order valence-electron chi connectivity index (χ1n) is 6.11. The predicted molar refractivity (Wildman–Crippen MR) is 71.5 cm³/mol. The first kappa shape index (κ1) is 13.1. The van der Waals surface area contributed by atoms with Crippen LogP contribution in [0.3, 0.4) is 0 Å². The lowest BCUT2D eigenvalue weighted by Crippen LogP contribution is -2.00. The van der Waals surface area contributed by atoms with Crippen molar-refractivity contribution in [2.24, 2.45) is 0 Å². The van der Waals surface area contributed by atoms with E-state index in [2.05, 4.69) is 4.98 Å². The molecule has 0 aliphatic heterocycles. The molecule has 4 heteroatoms. The normalized spacial score (nSPS) is 10.1. The van der Waals surface area contributed by atoms with E-state index >= 15 is 0 Å². The van der Waals surface area contributed by atoms with Crippen molar-refractivity contribution < 1.29 is 14.6 Å². The maximum atomic E-state index is 10.7. The third-order valence-electron chi connectivity index (χ3n) is 2.70. The molecule has 1 aromatic carbocycles. The van der Waals surface area contributed by atoms with Gasteiger partial charge in [0.1, 0.15) is 5.75 Å². The molecule has 0 amide bonds. The molecule has 0 spiro atoms. The van der Waals surface area contributed by atoms with Gasteiger partial charge in [-0.05, 0) is 48.7 Å². The molecule has 0 fully saturated rings. The van der Waals surface area contributed by atoms with E-state index in [0.717, 1.165) is 12.8 Å². The average molecular weight is 257 g/mol. The highest BCUT2D eigenvalue weighted by molar-refractivity contribution is 5.87.